The Morgan fingerprint density at radius 2 is 2.10 bits per heavy atom. The molecule has 5 nitrogen and oxygen atoms in total. The first-order valence-corrected chi connectivity index (χ1v) is 7.68. The number of hydrogen-bond donors (Lipinski definition) is 2. The number of aromatic nitrogens is 1. The van der Waals surface area contributed by atoms with Crippen LogP contribution in [0.5, 0.6) is 5.75 Å². The van der Waals surface area contributed by atoms with E-state index in [1.807, 2.05) is 49.6 Å². The standard InChI is InChI=1S/C15H19N3O2S/c1-11(20-13-6-4-3-5-7-13)10-17-15(19)18-12(2)14-16-8-9-21-14/h3-9,11-12H,10H2,1-2H3,(H2,17,18,19)/t11-,12+/m1/s1. The van der Waals surface area contributed by atoms with Crippen molar-refractivity contribution in [3.63, 3.8) is 0 Å². The Morgan fingerprint density at radius 3 is 2.76 bits per heavy atom. The molecule has 0 aliphatic heterocycles. The van der Waals surface area contributed by atoms with Crippen LogP contribution in [0.2, 0.25) is 0 Å². The van der Waals surface area contributed by atoms with Gasteiger partial charge in [0.15, 0.2) is 0 Å². The summed E-state index contributed by atoms with van der Waals surface area (Å²) in [6, 6.07) is 9.22. The van der Waals surface area contributed by atoms with Gasteiger partial charge < -0.3 is 15.4 Å². The van der Waals surface area contributed by atoms with E-state index in [1.54, 1.807) is 6.20 Å². The minimum Gasteiger partial charge on any atom is -0.489 e. The molecular weight excluding hydrogens is 286 g/mol. The second kappa shape index (κ2) is 7.64. The van der Waals surface area contributed by atoms with Crippen LogP contribution in [0.3, 0.4) is 0 Å². The molecule has 112 valence electrons. The third-order valence-corrected chi connectivity index (χ3v) is 3.76. The van der Waals surface area contributed by atoms with Crippen LogP contribution in [0, 0.1) is 0 Å². The van der Waals surface area contributed by atoms with E-state index in [4.69, 9.17) is 4.74 Å². The summed E-state index contributed by atoms with van der Waals surface area (Å²) in [7, 11) is 0. The van der Waals surface area contributed by atoms with Crippen molar-refractivity contribution in [2.45, 2.75) is 26.0 Å². The van der Waals surface area contributed by atoms with Crippen molar-refractivity contribution >= 4 is 17.4 Å². The van der Waals surface area contributed by atoms with Gasteiger partial charge in [0.05, 0.1) is 12.6 Å². The maximum absolute atomic E-state index is 11.8. The first-order chi connectivity index (χ1) is 10.1. The zero-order valence-electron chi connectivity index (χ0n) is 12.1. The number of nitrogens with one attached hydrogen (secondary N) is 2. The van der Waals surface area contributed by atoms with Crippen molar-refractivity contribution in [2.24, 2.45) is 0 Å². The summed E-state index contributed by atoms with van der Waals surface area (Å²) in [5, 5.41) is 8.42. The van der Waals surface area contributed by atoms with Gasteiger partial charge in [0.1, 0.15) is 16.9 Å². The lowest BCUT2D eigenvalue weighted by Gasteiger charge is -2.17. The lowest BCUT2D eigenvalue weighted by molar-refractivity contribution is 0.206. The Morgan fingerprint density at radius 1 is 1.33 bits per heavy atom. The minimum atomic E-state index is -0.221. The number of ether oxygens (including phenoxy) is 1. The van der Waals surface area contributed by atoms with Gasteiger partial charge in [0.2, 0.25) is 0 Å². The largest absolute Gasteiger partial charge is 0.489 e. The maximum Gasteiger partial charge on any atom is 0.315 e. The van der Waals surface area contributed by atoms with E-state index >= 15 is 0 Å². The SMILES string of the molecule is C[C@H](CNC(=O)N[C@@H](C)c1nccs1)Oc1ccccc1. The van der Waals surface area contributed by atoms with E-state index < -0.39 is 0 Å². The fourth-order valence-corrected chi connectivity index (χ4v) is 2.41. The Balaban J connectivity index is 1.71. The van der Waals surface area contributed by atoms with E-state index in [1.165, 1.54) is 11.3 Å². The third kappa shape index (κ3) is 5.07. The van der Waals surface area contributed by atoms with Gasteiger partial charge in [-0.2, -0.15) is 0 Å². The van der Waals surface area contributed by atoms with Crippen molar-refractivity contribution < 1.29 is 9.53 Å². The molecule has 0 saturated carbocycles. The van der Waals surface area contributed by atoms with Gasteiger partial charge in [0.25, 0.3) is 0 Å². The smallest absolute Gasteiger partial charge is 0.315 e. The highest BCUT2D eigenvalue weighted by Gasteiger charge is 2.12. The van der Waals surface area contributed by atoms with Gasteiger partial charge >= 0.3 is 6.03 Å². The summed E-state index contributed by atoms with van der Waals surface area (Å²) in [6.45, 7) is 4.26. The zero-order valence-corrected chi connectivity index (χ0v) is 12.9. The molecule has 2 amide bonds. The van der Waals surface area contributed by atoms with E-state index in [0.717, 1.165) is 10.8 Å². The summed E-state index contributed by atoms with van der Waals surface area (Å²) < 4.78 is 5.69. The molecule has 0 fully saturated rings. The summed E-state index contributed by atoms with van der Waals surface area (Å²) in [5.74, 6) is 0.795. The predicted octanol–water partition coefficient (Wildman–Crippen LogP) is 2.97. The Labute approximate surface area is 128 Å². The quantitative estimate of drug-likeness (QED) is 0.862. The predicted molar refractivity (Wildman–Crippen MR) is 83.6 cm³/mol. The number of para-hydroxylation sites is 1. The Hall–Kier alpha value is -2.08. The molecule has 0 aliphatic rings. The number of hydrogen-bond acceptors (Lipinski definition) is 4. The van der Waals surface area contributed by atoms with Crippen LogP contribution in [-0.2, 0) is 0 Å². The number of rotatable bonds is 6. The van der Waals surface area contributed by atoms with Crippen LogP contribution in [0.4, 0.5) is 4.79 Å². The molecule has 0 aliphatic carbocycles. The van der Waals surface area contributed by atoms with E-state index in [0.29, 0.717) is 6.54 Å². The fraction of sp³-hybridized carbons (Fsp3) is 0.333. The van der Waals surface area contributed by atoms with E-state index in [-0.39, 0.29) is 18.2 Å². The number of nitrogens with zero attached hydrogens (tertiary/aromatic N) is 1. The topological polar surface area (TPSA) is 63.2 Å². The average molecular weight is 305 g/mol. The van der Waals surface area contributed by atoms with Gasteiger partial charge in [-0.3, -0.25) is 0 Å². The highest BCUT2D eigenvalue weighted by Crippen LogP contribution is 2.14. The minimum absolute atomic E-state index is 0.102. The molecule has 2 atom stereocenters. The lowest BCUT2D eigenvalue weighted by atomic mass is 10.3. The first kappa shape index (κ1) is 15.3. The summed E-state index contributed by atoms with van der Waals surface area (Å²) >= 11 is 1.52. The molecule has 0 bridgehead atoms. The fourth-order valence-electron chi connectivity index (χ4n) is 1.77. The number of carbonyl (C=O) groups is 1. The Bertz CT molecular complexity index is 545. The summed E-state index contributed by atoms with van der Waals surface area (Å²) in [4.78, 5) is 16.0. The van der Waals surface area contributed by atoms with Crippen LogP contribution in [0.25, 0.3) is 0 Å². The normalized spacial score (nSPS) is 13.2. The van der Waals surface area contributed by atoms with Crippen molar-refractivity contribution in [1.82, 2.24) is 15.6 Å². The molecule has 6 heteroatoms. The second-order valence-electron chi connectivity index (χ2n) is 4.69. The van der Waals surface area contributed by atoms with Gasteiger partial charge in [-0.25, -0.2) is 9.78 Å². The van der Waals surface area contributed by atoms with Crippen molar-refractivity contribution in [3.05, 3.63) is 46.9 Å². The molecule has 0 unspecified atom stereocenters. The Kier molecular flexibility index (Phi) is 5.57. The van der Waals surface area contributed by atoms with Crippen LogP contribution in [0.15, 0.2) is 41.9 Å². The number of urea groups is 1. The van der Waals surface area contributed by atoms with Crippen LogP contribution < -0.4 is 15.4 Å². The van der Waals surface area contributed by atoms with Crippen LogP contribution in [0.1, 0.15) is 24.9 Å². The molecule has 21 heavy (non-hydrogen) atoms. The van der Waals surface area contributed by atoms with E-state index in [9.17, 15) is 4.79 Å². The molecule has 2 N–H and O–H groups in total. The first-order valence-electron chi connectivity index (χ1n) is 6.80. The highest BCUT2D eigenvalue weighted by atomic mass is 32.1. The van der Waals surface area contributed by atoms with Gasteiger partial charge in [0, 0.05) is 11.6 Å². The maximum atomic E-state index is 11.8. The summed E-state index contributed by atoms with van der Waals surface area (Å²) in [5.41, 5.74) is 0. The molecule has 0 spiro atoms. The number of thiazole rings is 1. The molecule has 0 radical (unpaired) electrons. The molecular formula is C15H19N3O2S. The van der Waals surface area contributed by atoms with Crippen LogP contribution >= 0.6 is 11.3 Å². The van der Waals surface area contributed by atoms with Crippen molar-refractivity contribution in [3.8, 4) is 5.75 Å². The molecule has 2 aromatic rings. The molecule has 1 aromatic carbocycles. The van der Waals surface area contributed by atoms with Crippen molar-refractivity contribution in [2.75, 3.05) is 6.54 Å². The third-order valence-electron chi connectivity index (χ3n) is 2.80. The lowest BCUT2D eigenvalue weighted by Crippen LogP contribution is -2.41. The second-order valence-corrected chi connectivity index (χ2v) is 5.61. The number of amides is 2. The van der Waals surface area contributed by atoms with Gasteiger partial charge in [-0.15, -0.1) is 11.3 Å². The van der Waals surface area contributed by atoms with E-state index in [2.05, 4.69) is 15.6 Å². The number of carbonyl (C=O) groups excluding carboxylic acids is 1. The monoisotopic (exact) mass is 305 g/mol. The molecule has 2 rings (SSSR count). The molecule has 1 aromatic heterocycles. The van der Waals surface area contributed by atoms with Crippen LogP contribution in [-0.4, -0.2) is 23.7 Å². The summed E-state index contributed by atoms with van der Waals surface area (Å²) in [6.07, 6.45) is 1.62. The highest BCUT2D eigenvalue weighted by molar-refractivity contribution is 7.09. The van der Waals surface area contributed by atoms with Gasteiger partial charge in [-0.05, 0) is 26.0 Å². The average Bonchev–Trinajstić information content (AvgIpc) is 3.00. The van der Waals surface area contributed by atoms with Gasteiger partial charge in [-0.1, -0.05) is 18.2 Å². The molecule has 0 saturated heterocycles. The van der Waals surface area contributed by atoms with Crippen molar-refractivity contribution in [1.29, 1.82) is 0 Å². The zero-order chi connectivity index (χ0) is 15.1. The number of benzene rings is 1. The molecule has 1 heterocycles.